The molecular formula is C19H17ClN4O2. The van der Waals surface area contributed by atoms with Crippen LogP contribution < -0.4 is 10.9 Å². The molecular weight excluding hydrogens is 352 g/mol. The number of ether oxygens (including phenoxy) is 1. The molecule has 3 rings (SSSR count). The fourth-order valence-corrected chi connectivity index (χ4v) is 2.85. The Morgan fingerprint density at radius 1 is 1.27 bits per heavy atom. The van der Waals surface area contributed by atoms with Crippen molar-refractivity contribution in [2.24, 2.45) is 0 Å². The van der Waals surface area contributed by atoms with E-state index in [0.29, 0.717) is 17.1 Å². The SMILES string of the molecule is COC1=CC=C(c2nc(Nc3ccc(Cl)cc3)[nH]c(=O)c2C#N)CCC1. The standard InChI is InChI=1S/C19H17ClN4O2/c1-26-15-4-2-3-12(5-10-15)17-16(11-21)18(25)24-19(23-17)22-14-8-6-13(20)7-9-14/h5-10H,2-4H2,1H3,(H2,22,23,24,25). The van der Waals surface area contributed by atoms with Crippen LogP contribution in [0, 0.1) is 11.3 Å². The molecule has 1 heterocycles. The smallest absolute Gasteiger partial charge is 0.270 e. The van der Waals surface area contributed by atoms with Crippen LogP contribution in [-0.2, 0) is 4.74 Å². The lowest BCUT2D eigenvalue weighted by molar-refractivity contribution is 0.276. The number of H-pyrrole nitrogens is 1. The van der Waals surface area contributed by atoms with Gasteiger partial charge in [0.05, 0.1) is 18.6 Å². The van der Waals surface area contributed by atoms with Gasteiger partial charge in [-0.2, -0.15) is 5.26 Å². The average molecular weight is 369 g/mol. The molecule has 0 saturated carbocycles. The fourth-order valence-electron chi connectivity index (χ4n) is 2.72. The van der Waals surface area contributed by atoms with Crippen LogP contribution in [-0.4, -0.2) is 17.1 Å². The van der Waals surface area contributed by atoms with Crippen molar-refractivity contribution in [2.75, 3.05) is 12.4 Å². The van der Waals surface area contributed by atoms with Crippen molar-refractivity contribution in [1.29, 1.82) is 5.26 Å². The number of nitrogens with one attached hydrogen (secondary N) is 2. The predicted molar refractivity (Wildman–Crippen MR) is 101 cm³/mol. The van der Waals surface area contributed by atoms with Crippen LogP contribution in [0.1, 0.15) is 30.5 Å². The molecule has 0 aliphatic heterocycles. The zero-order valence-electron chi connectivity index (χ0n) is 14.2. The molecule has 1 aliphatic carbocycles. The number of allylic oxidation sites excluding steroid dienone is 4. The van der Waals surface area contributed by atoms with Crippen molar-refractivity contribution in [1.82, 2.24) is 9.97 Å². The third-order valence-corrected chi connectivity index (χ3v) is 4.30. The Labute approximate surface area is 155 Å². The summed E-state index contributed by atoms with van der Waals surface area (Å²) in [6.07, 6.45) is 6.08. The molecule has 1 aliphatic rings. The summed E-state index contributed by atoms with van der Waals surface area (Å²) in [6, 6.07) is 8.98. The number of hydrogen-bond acceptors (Lipinski definition) is 5. The third-order valence-electron chi connectivity index (χ3n) is 4.04. The summed E-state index contributed by atoms with van der Waals surface area (Å²) >= 11 is 5.88. The van der Waals surface area contributed by atoms with Gasteiger partial charge < -0.3 is 10.1 Å². The van der Waals surface area contributed by atoms with Gasteiger partial charge in [-0.05, 0) is 48.8 Å². The maximum absolute atomic E-state index is 12.3. The van der Waals surface area contributed by atoms with E-state index < -0.39 is 5.56 Å². The van der Waals surface area contributed by atoms with Crippen molar-refractivity contribution in [3.05, 3.63) is 68.8 Å². The summed E-state index contributed by atoms with van der Waals surface area (Å²) in [6.45, 7) is 0. The molecule has 0 fully saturated rings. The van der Waals surface area contributed by atoms with Gasteiger partial charge in [0, 0.05) is 17.1 Å². The summed E-state index contributed by atoms with van der Waals surface area (Å²) in [4.78, 5) is 19.4. The van der Waals surface area contributed by atoms with Crippen LogP contribution in [0.3, 0.4) is 0 Å². The van der Waals surface area contributed by atoms with Crippen LogP contribution in [0.5, 0.6) is 0 Å². The number of benzene rings is 1. The molecule has 1 aromatic heterocycles. The molecule has 0 radical (unpaired) electrons. The van der Waals surface area contributed by atoms with E-state index in [1.165, 1.54) is 0 Å². The van der Waals surface area contributed by atoms with Crippen molar-refractivity contribution in [2.45, 2.75) is 19.3 Å². The van der Waals surface area contributed by atoms with Gasteiger partial charge in [0.1, 0.15) is 11.6 Å². The highest BCUT2D eigenvalue weighted by molar-refractivity contribution is 6.30. The molecule has 0 bridgehead atoms. The van der Waals surface area contributed by atoms with E-state index in [2.05, 4.69) is 15.3 Å². The highest BCUT2D eigenvalue weighted by atomic mass is 35.5. The Morgan fingerprint density at radius 2 is 2.04 bits per heavy atom. The second-order valence-corrected chi connectivity index (χ2v) is 6.20. The molecule has 1 aromatic carbocycles. The van der Waals surface area contributed by atoms with Gasteiger partial charge in [-0.25, -0.2) is 4.98 Å². The van der Waals surface area contributed by atoms with Gasteiger partial charge in [0.15, 0.2) is 0 Å². The normalized spacial score (nSPS) is 13.9. The topological polar surface area (TPSA) is 90.8 Å². The third kappa shape index (κ3) is 3.95. The van der Waals surface area contributed by atoms with Gasteiger partial charge in [0.25, 0.3) is 5.56 Å². The highest BCUT2D eigenvalue weighted by Gasteiger charge is 2.17. The number of rotatable bonds is 4. The summed E-state index contributed by atoms with van der Waals surface area (Å²) in [5, 5.41) is 13.0. The van der Waals surface area contributed by atoms with Crippen molar-refractivity contribution in [3.8, 4) is 6.07 Å². The van der Waals surface area contributed by atoms with E-state index in [0.717, 1.165) is 29.9 Å². The molecule has 2 N–H and O–H groups in total. The van der Waals surface area contributed by atoms with Gasteiger partial charge >= 0.3 is 0 Å². The molecule has 6 nitrogen and oxygen atoms in total. The Bertz CT molecular complexity index is 969. The van der Waals surface area contributed by atoms with E-state index in [1.54, 1.807) is 31.4 Å². The fraction of sp³-hybridized carbons (Fsp3) is 0.211. The van der Waals surface area contributed by atoms with E-state index >= 15 is 0 Å². The van der Waals surface area contributed by atoms with Gasteiger partial charge in [0.2, 0.25) is 5.95 Å². The summed E-state index contributed by atoms with van der Waals surface area (Å²) < 4.78 is 5.29. The summed E-state index contributed by atoms with van der Waals surface area (Å²) in [5.41, 5.74) is 1.48. The Balaban J connectivity index is 2.01. The van der Waals surface area contributed by atoms with Gasteiger partial charge in [-0.1, -0.05) is 17.7 Å². The quantitative estimate of drug-likeness (QED) is 0.846. The molecule has 0 amide bonds. The van der Waals surface area contributed by atoms with Crippen LogP contribution in [0.4, 0.5) is 11.6 Å². The number of anilines is 2. The molecule has 2 aromatic rings. The lowest BCUT2D eigenvalue weighted by atomic mass is 10.0. The molecule has 26 heavy (non-hydrogen) atoms. The minimum Gasteiger partial charge on any atom is -0.501 e. The minimum absolute atomic E-state index is 0.00664. The first-order valence-electron chi connectivity index (χ1n) is 8.12. The monoisotopic (exact) mass is 368 g/mol. The average Bonchev–Trinajstić information content (AvgIpc) is 2.89. The number of halogens is 1. The van der Waals surface area contributed by atoms with Gasteiger partial charge in [-0.3, -0.25) is 9.78 Å². The number of hydrogen-bond donors (Lipinski definition) is 2. The van der Waals surface area contributed by atoms with Crippen LogP contribution >= 0.6 is 11.6 Å². The molecule has 132 valence electrons. The number of nitriles is 1. The van der Waals surface area contributed by atoms with Crippen LogP contribution in [0.25, 0.3) is 5.57 Å². The number of methoxy groups -OCH3 is 1. The largest absolute Gasteiger partial charge is 0.501 e. The van der Waals surface area contributed by atoms with E-state index in [1.807, 2.05) is 18.2 Å². The molecule has 7 heteroatoms. The maximum atomic E-state index is 12.3. The molecule has 0 atom stereocenters. The number of aromatic nitrogens is 2. The first-order valence-corrected chi connectivity index (χ1v) is 8.49. The van der Waals surface area contributed by atoms with Crippen molar-refractivity contribution >= 4 is 28.8 Å². The van der Waals surface area contributed by atoms with Crippen LogP contribution in [0.2, 0.25) is 5.02 Å². The lowest BCUT2D eigenvalue weighted by Gasteiger charge is -2.10. The van der Waals surface area contributed by atoms with Crippen LogP contribution in [0.15, 0.2) is 47.0 Å². The number of aromatic amines is 1. The highest BCUT2D eigenvalue weighted by Crippen LogP contribution is 2.27. The van der Waals surface area contributed by atoms with E-state index in [-0.39, 0.29) is 11.5 Å². The first kappa shape index (κ1) is 17.8. The Morgan fingerprint density at radius 3 is 2.73 bits per heavy atom. The number of nitrogens with zero attached hydrogens (tertiary/aromatic N) is 2. The molecule has 0 unspecified atom stereocenters. The lowest BCUT2D eigenvalue weighted by Crippen LogP contribution is -2.17. The maximum Gasteiger partial charge on any atom is 0.270 e. The summed E-state index contributed by atoms with van der Waals surface area (Å²) in [5.74, 6) is 1.13. The first-order chi connectivity index (χ1) is 12.6. The van der Waals surface area contributed by atoms with Crippen molar-refractivity contribution in [3.63, 3.8) is 0 Å². The van der Waals surface area contributed by atoms with E-state index in [4.69, 9.17) is 16.3 Å². The Kier molecular flexibility index (Phi) is 5.40. The molecule has 0 saturated heterocycles. The zero-order valence-corrected chi connectivity index (χ0v) is 14.9. The second-order valence-electron chi connectivity index (χ2n) is 5.76. The summed E-state index contributed by atoms with van der Waals surface area (Å²) in [7, 11) is 1.63. The molecule has 0 spiro atoms. The second kappa shape index (κ2) is 7.89. The van der Waals surface area contributed by atoms with Crippen molar-refractivity contribution < 1.29 is 4.74 Å². The van der Waals surface area contributed by atoms with Gasteiger partial charge in [-0.15, -0.1) is 0 Å². The minimum atomic E-state index is -0.477. The predicted octanol–water partition coefficient (Wildman–Crippen LogP) is 4.14. The van der Waals surface area contributed by atoms with E-state index in [9.17, 15) is 10.1 Å². The zero-order chi connectivity index (χ0) is 18.5. The Hall–Kier alpha value is -3.04.